The third kappa shape index (κ3) is 3.26. The lowest BCUT2D eigenvalue weighted by Gasteiger charge is -2.33. The van der Waals surface area contributed by atoms with Crippen molar-refractivity contribution in [1.82, 2.24) is 24.2 Å². The molecule has 28 heavy (non-hydrogen) atoms. The zero-order valence-electron chi connectivity index (χ0n) is 16.0. The molecule has 1 aliphatic heterocycles. The Kier molecular flexibility index (Phi) is 4.85. The predicted molar refractivity (Wildman–Crippen MR) is 105 cm³/mol. The first-order chi connectivity index (χ1) is 13.6. The fourth-order valence-electron chi connectivity index (χ4n) is 3.68. The molecule has 1 fully saturated rings. The van der Waals surface area contributed by atoms with Crippen molar-refractivity contribution >= 4 is 16.9 Å². The van der Waals surface area contributed by atoms with Gasteiger partial charge < -0.3 is 9.64 Å². The summed E-state index contributed by atoms with van der Waals surface area (Å²) in [6, 6.07) is 7.55. The Morgan fingerprint density at radius 1 is 1.25 bits per heavy atom. The quantitative estimate of drug-likeness (QED) is 0.690. The number of carbonyl (C=O) groups is 1. The average Bonchev–Trinajstić information content (AvgIpc) is 3.15. The Labute approximate surface area is 162 Å². The van der Waals surface area contributed by atoms with E-state index in [1.807, 2.05) is 29.2 Å². The number of rotatable bonds is 4. The molecule has 0 bridgehead atoms. The van der Waals surface area contributed by atoms with Crippen LogP contribution < -0.4 is 10.3 Å². The molecule has 1 aliphatic rings. The molecule has 1 amide bonds. The summed E-state index contributed by atoms with van der Waals surface area (Å²) in [7, 11) is 1.61. The molecule has 4 rings (SSSR count). The van der Waals surface area contributed by atoms with E-state index in [1.54, 1.807) is 11.8 Å². The number of methoxy groups -OCH3 is 1. The molecule has 8 heteroatoms. The van der Waals surface area contributed by atoms with Crippen molar-refractivity contribution in [3.05, 3.63) is 47.1 Å². The van der Waals surface area contributed by atoms with Crippen LogP contribution in [0.15, 0.2) is 41.6 Å². The second-order valence-corrected chi connectivity index (χ2v) is 7.10. The summed E-state index contributed by atoms with van der Waals surface area (Å²) in [5.41, 5.74) is 0.978. The molecule has 1 atom stereocenters. The van der Waals surface area contributed by atoms with E-state index in [9.17, 15) is 9.59 Å². The number of benzene rings is 1. The zero-order valence-corrected chi connectivity index (χ0v) is 16.0. The number of ether oxygens (including phenoxy) is 1. The highest BCUT2D eigenvalue weighted by atomic mass is 16.5. The maximum atomic E-state index is 12.9. The number of nitrogens with zero attached hydrogens (tertiary/aromatic N) is 5. The average molecular weight is 381 g/mol. The monoisotopic (exact) mass is 381 g/mol. The van der Waals surface area contributed by atoms with Crippen LogP contribution in [0, 0.1) is 0 Å². The minimum atomic E-state index is -0.261. The topological polar surface area (TPSA) is 82.2 Å². The van der Waals surface area contributed by atoms with Crippen LogP contribution >= 0.6 is 0 Å². The molecule has 0 spiro atoms. The van der Waals surface area contributed by atoms with Crippen LogP contribution in [0.2, 0.25) is 0 Å². The van der Waals surface area contributed by atoms with Gasteiger partial charge in [0.25, 0.3) is 5.56 Å². The summed E-state index contributed by atoms with van der Waals surface area (Å²) >= 11 is 0. The van der Waals surface area contributed by atoms with Gasteiger partial charge in [0.2, 0.25) is 5.91 Å². The summed E-state index contributed by atoms with van der Waals surface area (Å²) in [5, 5.41) is 4.70. The minimum absolute atomic E-state index is 0.000169. The maximum Gasteiger partial charge on any atom is 0.264 e. The molecule has 0 N–H and O–H groups in total. The molecular formula is C20H23N5O3. The molecule has 2 aromatic heterocycles. The Hall–Kier alpha value is -3.16. The van der Waals surface area contributed by atoms with Gasteiger partial charge in [-0.2, -0.15) is 5.10 Å². The van der Waals surface area contributed by atoms with Gasteiger partial charge in [0.05, 0.1) is 19.0 Å². The van der Waals surface area contributed by atoms with Gasteiger partial charge in [0.1, 0.15) is 24.0 Å². The SMILES string of the molecule is COc1ccc(-n2ncc3c(=O)n(CC(=O)N4CCCC[C@@H]4C)cnc32)cc1. The van der Waals surface area contributed by atoms with E-state index in [0.717, 1.165) is 37.2 Å². The van der Waals surface area contributed by atoms with E-state index in [4.69, 9.17) is 4.74 Å². The van der Waals surface area contributed by atoms with Crippen molar-refractivity contribution in [1.29, 1.82) is 0 Å². The van der Waals surface area contributed by atoms with Crippen LogP contribution in [0.1, 0.15) is 26.2 Å². The summed E-state index contributed by atoms with van der Waals surface area (Å²) in [4.78, 5) is 31.8. The number of hydrogen-bond donors (Lipinski definition) is 0. The molecule has 0 aliphatic carbocycles. The van der Waals surface area contributed by atoms with E-state index in [1.165, 1.54) is 17.1 Å². The lowest BCUT2D eigenvalue weighted by Crippen LogP contribution is -2.44. The van der Waals surface area contributed by atoms with E-state index in [-0.39, 0.29) is 24.1 Å². The Morgan fingerprint density at radius 3 is 2.75 bits per heavy atom. The third-order valence-corrected chi connectivity index (χ3v) is 5.30. The number of likely N-dealkylation sites (tertiary alicyclic amines) is 1. The number of carbonyl (C=O) groups excluding carboxylic acids is 1. The zero-order chi connectivity index (χ0) is 19.7. The first-order valence-corrected chi connectivity index (χ1v) is 9.45. The molecule has 1 aromatic carbocycles. The lowest BCUT2D eigenvalue weighted by atomic mass is 10.0. The van der Waals surface area contributed by atoms with Crippen molar-refractivity contribution in [2.45, 2.75) is 38.8 Å². The van der Waals surface area contributed by atoms with Crippen molar-refractivity contribution in [3.8, 4) is 11.4 Å². The number of hydrogen-bond acceptors (Lipinski definition) is 5. The first-order valence-electron chi connectivity index (χ1n) is 9.45. The standard InChI is InChI=1S/C20H23N5O3/c1-14-5-3-4-10-24(14)18(26)12-23-13-21-19-17(20(23)27)11-22-25(19)15-6-8-16(28-2)9-7-15/h6-9,11,13-14H,3-5,10,12H2,1-2H3/t14-/m0/s1. The molecule has 0 unspecified atom stereocenters. The van der Waals surface area contributed by atoms with Crippen LogP contribution in [0.5, 0.6) is 5.75 Å². The van der Waals surface area contributed by atoms with Gasteiger partial charge in [-0.3, -0.25) is 14.2 Å². The van der Waals surface area contributed by atoms with Crippen molar-refractivity contribution in [2.24, 2.45) is 0 Å². The predicted octanol–water partition coefficient (Wildman–Crippen LogP) is 1.99. The molecule has 1 saturated heterocycles. The van der Waals surface area contributed by atoms with Gasteiger partial charge in [-0.15, -0.1) is 0 Å². The smallest absolute Gasteiger partial charge is 0.264 e. The molecule has 0 saturated carbocycles. The Bertz CT molecular complexity index is 1050. The Balaban J connectivity index is 1.62. The van der Waals surface area contributed by atoms with Crippen LogP contribution in [0.25, 0.3) is 16.7 Å². The van der Waals surface area contributed by atoms with Gasteiger partial charge in [-0.25, -0.2) is 9.67 Å². The van der Waals surface area contributed by atoms with Gasteiger partial charge in [0, 0.05) is 12.6 Å². The van der Waals surface area contributed by atoms with Crippen LogP contribution in [-0.2, 0) is 11.3 Å². The van der Waals surface area contributed by atoms with Crippen molar-refractivity contribution in [3.63, 3.8) is 0 Å². The van der Waals surface area contributed by atoms with Gasteiger partial charge in [0.15, 0.2) is 5.65 Å². The highest BCUT2D eigenvalue weighted by Crippen LogP contribution is 2.18. The van der Waals surface area contributed by atoms with Crippen LogP contribution in [-0.4, -0.2) is 49.8 Å². The summed E-state index contributed by atoms with van der Waals surface area (Å²) in [6.07, 6.45) is 6.09. The molecule has 8 nitrogen and oxygen atoms in total. The number of aromatic nitrogens is 4. The molecule has 0 radical (unpaired) electrons. The highest BCUT2D eigenvalue weighted by Gasteiger charge is 2.24. The van der Waals surface area contributed by atoms with Crippen molar-refractivity contribution in [2.75, 3.05) is 13.7 Å². The summed E-state index contributed by atoms with van der Waals surface area (Å²) < 4.78 is 8.14. The largest absolute Gasteiger partial charge is 0.497 e. The van der Waals surface area contributed by atoms with E-state index in [2.05, 4.69) is 17.0 Å². The first kappa shape index (κ1) is 18.2. The van der Waals surface area contributed by atoms with Crippen molar-refractivity contribution < 1.29 is 9.53 Å². The van der Waals surface area contributed by atoms with Gasteiger partial charge in [-0.1, -0.05) is 0 Å². The summed E-state index contributed by atoms with van der Waals surface area (Å²) in [5.74, 6) is 0.693. The van der Waals surface area contributed by atoms with Crippen LogP contribution in [0.4, 0.5) is 0 Å². The summed E-state index contributed by atoms with van der Waals surface area (Å²) in [6.45, 7) is 2.81. The minimum Gasteiger partial charge on any atom is -0.497 e. The normalized spacial score (nSPS) is 17.1. The fourth-order valence-corrected chi connectivity index (χ4v) is 3.68. The lowest BCUT2D eigenvalue weighted by molar-refractivity contribution is -0.135. The maximum absolute atomic E-state index is 12.9. The second kappa shape index (κ2) is 7.46. The number of piperidine rings is 1. The van der Waals surface area contributed by atoms with Gasteiger partial charge >= 0.3 is 0 Å². The third-order valence-electron chi connectivity index (χ3n) is 5.30. The molecule has 3 heterocycles. The molecule has 146 valence electrons. The van der Waals surface area contributed by atoms with Crippen LogP contribution in [0.3, 0.4) is 0 Å². The molecular weight excluding hydrogens is 358 g/mol. The highest BCUT2D eigenvalue weighted by molar-refractivity contribution is 5.78. The Morgan fingerprint density at radius 2 is 2.04 bits per heavy atom. The van der Waals surface area contributed by atoms with E-state index >= 15 is 0 Å². The van der Waals surface area contributed by atoms with E-state index < -0.39 is 0 Å². The second-order valence-electron chi connectivity index (χ2n) is 7.10. The fraction of sp³-hybridized carbons (Fsp3) is 0.400. The number of amides is 1. The van der Waals surface area contributed by atoms with E-state index in [0.29, 0.717) is 11.0 Å². The number of fused-ring (bicyclic) bond motifs is 1. The van der Waals surface area contributed by atoms with Gasteiger partial charge in [-0.05, 0) is 50.5 Å². The molecule has 3 aromatic rings.